The van der Waals surface area contributed by atoms with E-state index in [9.17, 15) is 9.18 Å². The van der Waals surface area contributed by atoms with Gasteiger partial charge in [0.05, 0.1) is 17.2 Å². The number of Topliss-reactive ketones (excluding diaryl/α,β-unsaturated/α-hetero) is 1. The Morgan fingerprint density at radius 3 is 2.67 bits per heavy atom. The Balaban J connectivity index is 2.21. The van der Waals surface area contributed by atoms with Gasteiger partial charge in [-0.1, -0.05) is 6.07 Å². The van der Waals surface area contributed by atoms with Crippen molar-refractivity contribution in [1.82, 2.24) is 0 Å². The first-order valence-electron chi connectivity index (χ1n) is 6.44. The van der Waals surface area contributed by atoms with Gasteiger partial charge in [0.1, 0.15) is 18.2 Å². The second-order valence-electron chi connectivity index (χ2n) is 4.74. The number of benzene rings is 2. The van der Waals surface area contributed by atoms with Crippen molar-refractivity contribution in [2.24, 2.45) is 0 Å². The summed E-state index contributed by atoms with van der Waals surface area (Å²) in [6, 6.07) is 11.2. The quantitative estimate of drug-likeness (QED) is 0.802. The molecule has 3 nitrogen and oxygen atoms in total. The van der Waals surface area contributed by atoms with E-state index in [1.54, 1.807) is 12.1 Å². The molecule has 2 aromatic rings. The lowest BCUT2D eigenvalue weighted by atomic mass is 10.1. The van der Waals surface area contributed by atoms with E-state index in [-0.39, 0.29) is 18.0 Å². The maximum absolute atomic E-state index is 13.2. The van der Waals surface area contributed by atoms with Gasteiger partial charge >= 0.3 is 0 Å². The van der Waals surface area contributed by atoms with Crippen LogP contribution in [0.4, 0.5) is 4.39 Å². The second-order valence-corrected chi connectivity index (χ2v) is 4.74. The molecule has 106 valence electrons. The molecule has 0 aliphatic rings. The van der Waals surface area contributed by atoms with Crippen LogP contribution in [0.5, 0.6) is 5.75 Å². The van der Waals surface area contributed by atoms with Crippen LogP contribution in [0.2, 0.25) is 0 Å². The summed E-state index contributed by atoms with van der Waals surface area (Å²) in [4.78, 5) is 11.5. The minimum atomic E-state index is -0.470. The number of ether oxygens (including phenoxy) is 1. The van der Waals surface area contributed by atoms with Gasteiger partial charge in [0, 0.05) is 0 Å². The zero-order valence-corrected chi connectivity index (χ0v) is 11.8. The van der Waals surface area contributed by atoms with Crippen LogP contribution in [0.15, 0.2) is 36.4 Å². The van der Waals surface area contributed by atoms with Gasteiger partial charge in [-0.15, -0.1) is 0 Å². The number of carbonyl (C=O) groups is 1. The summed E-state index contributed by atoms with van der Waals surface area (Å²) >= 11 is 0. The van der Waals surface area contributed by atoms with E-state index in [1.165, 1.54) is 25.1 Å². The number of rotatable bonds is 4. The van der Waals surface area contributed by atoms with Gasteiger partial charge in [0.25, 0.3) is 0 Å². The van der Waals surface area contributed by atoms with Crippen LogP contribution in [0, 0.1) is 24.1 Å². The maximum Gasteiger partial charge on any atom is 0.163 e. The first-order chi connectivity index (χ1) is 10.0. The Morgan fingerprint density at radius 1 is 1.29 bits per heavy atom. The van der Waals surface area contributed by atoms with Crippen molar-refractivity contribution in [3.63, 3.8) is 0 Å². The average molecular weight is 283 g/mol. The first-order valence-corrected chi connectivity index (χ1v) is 6.44. The normalized spacial score (nSPS) is 10.0. The lowest BCUT2D eigenvalue weighted by Crippen LogP contribution is -2.03. The van der Waals surface area contributed by atoms with Crippen LogP contribution in [0.3, 0.4) is 0 Å². The third-order valence-corrected chi connectivity index (χ3v) is 3.18. The van der Waals surface area contributed by atoms with Gasteiger partial charge in [-0.25, -0.2) is 4.39 Å². The largest absolute Gasteiger partial charge is 0.488 e. The highest BCUT2D eigenvalue weighted by molar-refractivity contribution is 5.96. The summed E-state index contributed by atoms with van der Waals surface area (Å²) in [6.45, 7) is 3.51. The summed E-state index contributed by atoms with van der Waals surface area (Å²) in [5.74, 6) is -0.365. The molecule has 0 aliphatic heterocycles. The van der Waals surface area contributed by atoms with Gasteiger partial charge in [-0.3, -0.25) is 4.79 Å². The van der Waals surface area contributed by atoms with Gasteiger partial charge < -0.3 is 4.74 Å². The van der Waals surface area contributed by atoms with E-state index in [1.807, 2.05) is 13.0 Å². The van der Waals surface area contributed by atoms with Gasteiger partial charge in [-0.05, 0) is 55.3 Å². The molecule has 4 heteroatoms. The molecule has 0 aromatic heterocycles. The van der Waals surface area contributed by atoms with Crippen molar-refractivity contribution in [3.05, 3.63) is 64.5 Å². The van der Waals surface area contributed by atoms with Crippen LogP contribution in [-0.4, -0.2) is 5.78 Å². The fourth-order valence-corrected chi connectivity index (χ4v) is 1.99. The van der Waals surface area contributed by atoms with Gasteiger partial charge in [0.2, 0.25) is 0 Å². The number of aryl methyl sites for hydroxylation is 1. The number of halogens is 1. The molecular weight excluding hydrogens is 269 g/mol. The molecule has 0 aliphatic carbocycles. The lowest BCUT2D eigenvalue weighted by molar-refractivity contribution is 0.101. The Kier molecular flexibility index (Phi) is 4.34. The summed E-state index contributed by atoms with van der Waals surface area (Å²) in [5, 5.41) is 8.83. The molecule has 0 unspecified atom stereocenters. The molecule has 2 rings (SSSR count). The van der Waals surface area contributed by atoms with Gasteiger partial charge in [-0.2, -0.15) is 5.26 Å². The van der Waals surface area contributed by atoms with Crippen molar-refractivity contribution in [2.75, 3.05) is 0 Å². The van der Waals surface area contributed by atoms with E-state index in [2.05, 4.69) is 6.07 Å². The van der Waals surface area contributed by atoms with Gasteiger partial charge in [0.15, 0.2) is 5.78 Å². The topological polar surface area (TPSA) is 50.1 Å². The predicted molar refractivity (Wildman–Crippen MR) is 76.6 cm³/mol. The highest BCUT2D eigenvalue weighted by Crippen LogP contribution is 2.22. The summed E-state index contributed by atoms with van der Waals surface area (Å²) in [5.41, 5.74) is 2.65. The number of hydrogen-bond donors (Lipinski definition) is 0. The smallest absolute Gasteiger partial charge is 0.163 e. The molecule has 0 saturated heterocycles. The molecule has 0 radical (unpaired) electrons. The monoisotopic (exact) mass is 283 g/mol. The van der Waals surface area contributed by atoms with Crippen LogP contribution in [-0.2, 0) is 6.61 Å². The van der Waals surface area contributed by atoms with Crippen molar-refractivity contribution in [2.45, 2.75) is 20.5 Å². The molecule has 0 fully saturated rings. The van der Waals surface area contributed by atoms with Crippen LogP contribution >= 0.6 is 0 Å². The highest BCUT2D eigenvalue weighted by atomic mass is 19.1. The molecule has 21 heavy (non-hydrogen) atoms. The SMILES string of the molecule is CC(=O)c1cc(F)ccc1OCc1ccc(C#N)cc1C. The first kappa shape index (κ1) is 14.7. The Labute approximate surface area is 122 Å². The number of hydrogen-bond acceptors (Lipinski definition) is 3. The second kappa shape index (κ2) is 6.19. The van der Waals surface area contributed by atoms with E-state index < -0.39 is 5.82 Å². The molecule has 0 saturated carbocycles. The minimum absolute atomic E-state index is 0.223. The molecule has 0 atom stereocenters. The zero-order chi connectivity index (χ0) is 15.4. The Morgan fingerprint density at radius 2 is 2.05 bits per heavy atom. The van der Waals surface area contributed by atoms with Crippen molar-refractivity contribution in [1.29, 1.82) is 5.26 Å². The average Bonchev–Trinajstić information content (AvgIpc) is 2.46. The molecule has 0 spiro atoms. The number of carbonyl (C=O) groups excluding carboxylic acids is 1. The molecule has 2 aromatic carbocycles. The van der Waals surface area contributed by atoms with Crippen LogP contribution in [0.1, 0.15) is 34.0 Å². The van der Waals surface area contributed by atoms with E-state index in [0.717, 1.165) is 11.1 Å². The van der Waals surface area contributed by atoms with Crippen LogP contribution in [0.25, 0.3) is 0 Å². The highest BCUT2D eigenvalue weighted by Gasteiger charge is 2.10. The Bertz CT molecular complexity index is 732. The van der Waals surface area contributed by atoms with E-state index >= 15 is 0 Å². The van der Waals surface area contributed by atoms with E-state index in [4.69, 9.17) is 10.00 Å². The predicted octanol–water partition coefficient (Wildman–Crippen LogP) is 3.79. The number of nitrogens with zero attached hydrogens (tertiary/aromatic N) is 1. The number of ketones is 1. The zero-order valence-electron chi connectivity index (χ0n) is 11.8. The fraction of sp³-hybridized carbons (Fsp3) is 0.176. The molecule has 0 N–H and O–H groups in total. The molecule has 0 heterocycles. The maximum atomic E-state index is 13.2. The molecule has 0 bridgehead atoms. The lowest BCUT2D eigenvalue weighted by Gasteiger charge is -2.11. The third kappa shape index (κ3) is 3.46. The minimum Gasteiger partial charge on any atom is -0.488 e. The number of nitriles is 1. The van der Waals surface area contributed by atoms with Crippen molar-refractivity contribution in [3.8, 4) is 11.8 Å². The van der Waals surface area contributed by atoms with Crippen LogP contribution < -0.4 is 4.74 Å². The fourth-order valence-electron chi connectivity index (χ4n) is 1.99. The molecule has 0 amide bonds. The summed E-state index contributed by atoms with van der Waals surface area (Å²) in [7, 11) is 0. The van der Waals surface area contributed by atoms with Crippen molar-refractivity contribution < 1.29 is 13.9 Å². The third-order valence-electron chi connectivity index (χ3n) is 3.18. The standard InChI is InChI=1S/C17H14FNO2/c1-11-7-13(9-19)3-4-14(11)10-21-17-6-5-15(18)8-16(17)12(2)20/h3-8H,10H2,1-2H3. The summed E-state index contributed by atoms with van der Waals surface area (Å²) < 4.78 is 18.8. The van der Waals surface area contributed by atoms with E-state index in [0.29, 0.717) is 11.3 Å². The Hall–Kier alpha value is -2.67. The van der Waals surface area contributed by atoms with Crippen molar-refractivity contribution >= 4 is 5.78 Å². The summed E-state index contributed by atoms with van der Waals surface area (Å²) in [6.07, 6.45) is 0. The molecular formula is C17H14FNO2.